The summed E-state index contributed by atoms with van der Waals surface area (Å²) in [6.45, 7) is 1.34. The topological polar surface area (TPSA) is 73.7 Å². The monoisotopic (exact) mass is 409 g/mol. The number of aromatic nitrogens is 2. The molecule has 5 rings (SSSR count). The van der Waals surface area contributed by atoms with Gasteiger partial charge in [-0.3, -0.25) is 9.59 Å². The molecule has 0 bridgehead atoms. The molecule has 0 aliphatic carbocycles. The number of ether oxygens (including phenoxy) is 2. The van der Waals surface area contributed by atoms with Gasteiger partial charge in [0.15, 0.2) is 11.5 Å². The number of benzene rings is 1. The van der Waals surface area contributed by atoms with E-state index in [9.17, 15) is 9.59 Å². The first-order valence-electron chi connectivity index (χ1n) is 9.50. The molecular formula is C21H19N3O4S. The molecule has 0 unspecified atom stereocenters. The fourth-order valence-corrected chi connectivity index (χ4v) is 4.43. The van der Waals surface area contributed by atoms with Gasteiger partial charge in [0.2, 0.25) is 6.79 Å². The van der Waals surface area contributed by atoms with Gasteiger partial charge in [0.1, 0.15) is 0 Å². The van der Waals surface area contributed by atoms with E-state index in [4.69, 9.17) is 9.47 Å². The Hall–Kier alpha value is -3.13. The Morgan fingerprint density at radius 2 is 1.90 bits per heavy atom. The minimum atomic E-state index is -0.107. The lowest BCUT2D eigenvalue weighted by Crippen LogP contribution is -2.41. The SMILES string of the molecule is O=C(c1ccc2c(c1)OCO2)N1CCC(n2nc(-c3ccsc3)ccc2=O)CC1. The van der Waals surface area contributed by atoms with Crippen molar-refractivity contribution in [3.63, 3.8) is 0 Å². The van der Waals surface area contributed by atoms with E-state index in [0.717, 1.165) is 11.3 Å². The summed E-state index contributed by atoms with van der Waals surface area (Å²) in [5.41, 5.74) is 2.29. The zero-order valence-electron chi connectivity index (χ0n) is 15.6. The van der Waals surface area contributed by atoms with Crippen molar-refractivity contribution >= 4 is 17.2 Å². The van der Waals surface area contributed by atoms with Crippen LogP contribution in [0.15, 0.2) is 52.0 Å². The minimum absolute atomic E-state index is 0.0121. The largest absolute Gasteiger partial charge is 0.454 e. The number of carbonyl (C=O) groups excluding carboxylic acids is 1. The molecule has 2 aromatic heterocycles. The third-order valence-corrected chi connectivity index (χ3v) is 6.04. The van der Waals surface area contributed by atoms with Crippen molar-refractivity contribution in [1.82, 2.24) is 14.7 Å². The van der Waals surface area contributed by atoms with Crippen LogP contribution in [0.3, 0.4) is 0 Å². The maximum Gasteiger partial charge on any atom is 0.267 e. The fourth-order valence-electron chi connectivity index (χ4n) is 3.78. The molecule has 2 aliphatic heterocycles. The lowest BCUT2D eigenvalue weighted by atomic mass is 10.0. The number of carbonyl (C=O) groups is 1. The van der Waals surface area contributed by atoms with E-state index in [1.165, 1.54) is 0 Å². The van der Waals surface area contributed by atoms with Crippen molar-refractivity contribution in [3.8, 4) is 22.8 Å². The standard InChI is InChI=1S/C21H19N3O4S/c25-20-4-2-17(15-7-10-29-12-15)22-24(20)16-5-8-23(9-6-16)21(26)14-1-3-18-19(11-14)28-13-27-18/h1-4,7,10-12,16H,5-6,8-9,13H2. The number of likely N-dealkylation sites (tertiary alicyclic amines) is 1. The number of hydrogen-bond donors (Lipinski definition) is 0. The molecule has 3 aromatic rings. The van der Waals surface area contributed by atoms with Crippen LogP contribution in [0.1, 0.15) is 29.2 Å². The summed E-state index contributed by atoms with van der Waals surface area (Å²) in [6, 6.07) is 10.6. The van der Waals surface area contributed by atoms with Crippen molar-refractivity contribution in [3.05, 3.63) is 63.1 Å². The van der Waals surface area contributed by atoms with E-state index in [1.807, 2.05) is 21.7 Å². The number of hydrogen-bond acceptors (Lipinski definition) is 6. The maximum absolute atomic E-state index is 12.9. The Bertz CT molecular complexity index is 1100. The number of amides is 1. The third kappa shape index (κ3) is 3.40. The van der Waals surface area contributed by atoms with Crippen LogP contribution in [-0.4, -0.2) is 40.5 Å². The van der Waals surface area contributed by atoms with E-state index in [2.05, 4.69) is 5.10 Å². The van der Waals surface area contributed by atoms with Gasteiger partial charge >= 0.3 is 0 Å². The van der Waals surface area contributed by atoms with Gasteiger partial charge in [0.05, 0.1) is 11.7 Å². The molecule has 1 aromatic carbocycles. The molecule has 0 spiro atoms. The highest BCUT2D eigenvalue weighted by Gasteiger charge is 2.27. The molecule has 0 saturated carbocycles. The summed E-state index contributed by atoms with van der Waals surface area (Å²) in [5.74, 6) is 1.23. The van der Waals surface area contributed by atoms with Crippen LogP contribution in [0.5, 0.6) is 11.5 Å². The molecule has 1 amide bonds. The van der Waals surface area contributed by atoms with Crippen molar-refractivity contribution in [2.24, 2.45) is 0 Å². The summed E-state index contributed by atoms with van der Waals surface area (Å²) in [7, 11) is 0. The average molecular weight is 409 g/mol. The summed E-state index contributed by atoms with van der Waals surface area (Å²) < 4.78 is 12.3. The van der Waals surface area contributed by atoms with Crippen LogP contribution in [0, 0.1) is 0 Å². The van der Waals surface area contributed by atoms with Crippen LogP contribution >= 0.6 is 11.3 Å². The Kier molecular flexibility index (Phi) is 4.55. The molecule has 1 fully saturated rings. The summed E-state index contributed by atoms with van der Waals surface area (Å²) in [5, 5.41) is 8.59. The second-order valence-corrected chi connectivity index (χ2v) is 7.88. The zero-order valence-corrected chi connectivity index (χ0v) is 16.4. The molecule has 1 saturated heterocycles. The molecule has 148 valence electrons. The fraction of sp³-hybridized carbons (Fsp3) is 0.286. The van der Waals surface area contributed by atoms with E-state index in [1.54, 1.807) is 46.4 Å². The Morgan fingerprint density at radius 3 is 2.69 bits per heavy atom. The Labute approximate surface area is 171 Å². The van der Waals surface area contributed by atoms with E-state index < -0.39 is 0 Å². The number of rotatable bonds is 3. The molecule has 8 heteroatoms. The van der Waals surface area contributed by atoms with Gasteiger partial charge in [0, 0.05) is 35.7 Å². The van der Waals surface area contributed by atoms with Gasteiger partial charge in [0.25, 0.3) is 11.5 Å². The molecular weight excluding hydrogens is 390 g/mol. The molecule has 29 heavy (non-hydrogen) atoms. The van der Waals surface area contributed by atoms with Gasteiger partial charge in [-0.05, 0) is 48.6 Å². The predicted molar refractivity (Wildman–Crippen MR) is 109 cm³/mol. The van der Waals surface area contributed by atoms with Gasteiger partial charge in [-0.25, -0.2) is 4.68 Å². The van der Waals surface area contributed by atoms with Crippen LogP contribution in [0.25, 0.3) is 11.3 Å². The number of fused-ring (bicyclic) bond motifs is 1. The van der Waals surface area contributed by atoms with E-state index >= 15 is 0 Å². The molecule has 7 nitrogen and oxygen atoms in total. The van der Waals surface area contributed by atoms with E-state index in [0.29, 0.717) is 43.0 Å². The van der Waals surface area contributed by atoms with Crippen LogP contribution in [0.4, 0.5) is 0 Å². The second-order valence-electron chi connectivity index (χ2n) is 7.10. The van der Waals surface area contributed by atoms with Gasteiger partial charge in [-0.2, -0.15) is 16.4 Å². The third-order valence-electron chi connectivity index (χ3n) is 5.36. The number of thiophene rings is 1. The minimum Gasteiger partial charge on any atom is -0.454 e. The highest BCUT2D eigenvalue weighted by molar-refractivity contribution is 7.08. The van der Waals surface area contributed by atoms with Gasteiger partial charge < -0.3 is 14.4 Å². The van der Waals surface area contributed by atoms with Crippen LogP contribution in [-0.2, 0) is 0 Å². The van der Waals surface area contributed by atoms with Crippen molar-refractivity contribution in [2.45, 2.75) is 18.9 Å². The molecule has 0 N–H and O–H groups in total. The normalized spacial score (nSPS) is 16.2. The summed E-state index contributed by atoms with van der Waals surface area (Å²) >= 11 is 1.60. The van der Waals surface area contributed by atoms with Crippen molar-refractivity contribution in [1.29, 1.82) is 0 Å². The van der Waals surface area contributed by atoms with E-state index in [-0.39, 0.29) is 24.3 Å². The lowest BCUT2D eigenvalue weighted by Gasteiger charge is -2.32. The van der Waals surface area contributed by atoms with Gasteiger partial charge in [-0.1, -0.05) is 0 Å². The van der Waals surface area contributed by atoms with Crippen LogP contribution < -0.4 is 15.0 Å². The number of nitrogens with zero attached hydrogens (tertiary/aromatic N) is 3. The highest BCUT2D eigenvalue weighted by Crippen LogP contribution is 2.33. The van der Waals surface area contributed by atoms with Crippen LogP contribution in [0.2, 0.25) is 0 Å². The predicted octanol–water partition coefficient (Wildman–Crippen LogP) is 3.18. The molecule has 0 radical (unpaired) electrons. The summed E-state index contributed by atoms with van der Waals surface area (Å²) in [6.07, 6.45) is 1.38. The first-order valence-corrected chi connectivity index (χ1v) is 10.4. The average Bonchev–Trinajstić information content (AvgIpc) is 3.45. The smallest absolute Gasteiger partial charge is 0.267 e. The quantitative estimate of drug-likeness (QED) is 0.664. The first kappa shape index (κ1) is 17.9. The highest BCUT2D eigenvalue weighted by atomic mass is 32.1. The maximum atomic E-state index is 12.9. The van der Waals surface area contributed by atoms with Gasteiger partial charge in [-0.15, -0.1) is 0 Å². The molecule has 4 heterocycles. The molecule has 2 aliphatic rings. The van der Waals surface area contributed by atoms with Crippen molar-refractivity contribution < 1.29 is 14.3 Å². The first-order chi connectivity index (χ1) is 14.2. The summed E-state index contributed by atoms with van der Waals surface area (Å²) in [4.78, 5) is 27.1. The molecule has 0 atom stereocenters. The Morgan fingerprint density at radius 1 is 1.07 bits per heavy atom. The number of piperidine rings is 1. The lowest BCUT2D eigenvalue weighted by molar-refractivity contribution is 0.0687. The second kappa shape index (κ2) is 7.36. The zero-order chi connectivity index (χ0) is 19.8. The Balaban J connectivity index is 1.30. The van der Waals surface area contributed by atoms with Crippen molar-refractivity contribution in [2.75, 3.05) is 19.9 Å².